The Morgan fingerprint density at radius 2 is 1.87 bits per heavy atom. The van der Waals surface area contributed by atoms with Gasteiger partial charge in [0.1, 0.15) is 0 Å². The lowest BCUT2D eigenvalue weighted by molar-refractivity contribution is -0.0258. The number of rotatable bonds is 7. The van der Waals surface area contributed by atoms with E-state index >= 15 is 0 Å². The van der Waals surface area contributed by atoms with Crippen LogP contribution < -0.4 is 5.32 Å². The Labute approximate surface area is 181 Å². The molecule has 1 N–H and O–H groups in total. The first-order chi connectivity index (χ1) is 14.3. The van der Waals surface area contributed by atoms with E-state index in [1.165, 1.54) is 38.4 Å². The van der Waals surface area contributed by atoms with E-state index in [1.54, 1.807) is 0 Å². The monoisotopic (exact) mass is 452 g/mol. The molecular formula is C21H25ClN2O5S. The summed E-state index contributed by atoms with van der Waals surface area (Å²) in [6.07, 6.45) is 1.54. The Morgan fingerprint density at radius 1 is 1.20 bits per heavy atom. The molecule has 3 rings (SSSR count). The van der Waals surface area contributed by atoms with Gasteiger partial charge in [-0.1, -0.05) is 28.2 Å². The van der Waals surface area contributed by atoms with Gasteiger partial charge in [0, 0.05) is 42.8 Å². The van der Waals surface area contributed by atoms with E-state index < -0.39 is 10.0 Å². The minimum absolute atomic E-state index is 0.0447. The molecule has 0 saturated carbocycles. The highest BCUT2D eigenvalue weighted by Gasteiger charge is 2.35. The molecule has 0 atom stereocenters. The largest absolute Gasteiger partial charge is 0.381 e. The summed E-state index contributed by atoms with van der Waals surface area (Å²) in [6.45, 7) is 1.66. The van der Waals surface area contributed by atoms with Crippen molar-refractivity contribution in [2.45, 2.75) is 23.2 Å². The first-order valence-electron chi connectivity index (χ1n) is 9.54. The van der Waals surface area contributed by atoms with Gasteiger partial charge in [-0.05, 0) is 54.8 Å². The van der Waals surface area contributed by atoms with Crippen molar-refractivity contribution in [3.63, 3.8) is 0 Å². The smallest absolute Gasteiger partial charge is 0.264 e. The van der Waals surface area contributed by atoms with Crippen LogP contribution >= 0.6 is 11.6 Å². The van der Waals surface area contributed by atoms with Gasteiger partial charge in [0.15, 0.2) is 0 Å². The summed E-state index contributed by atoms with van der Waals surface area (Å²) in [4.78, 5) is 17.5. The van der Waals surface area contributed by atoms with E-state index in [4.69, 9.17) is 21.2 Å². The Hall–Kier alpha value is -1.97. The van der Waals surface area contributed by atoms with Crippen molar-refractivity contribution in [2.75, 3.05) is 33.9 Å². The summed E-state index contributed by atoms with van der Waals surface area (Å²) in [5.41, 5.74) is 1.19. The Morgan fingerprint density at radius 3 is 2.47 bits per heavy atom. The molecule has 1 heterocycles. The van der Waals surface area contributed by atoms with Crippen LogP contribution in [0.2, 0.25) is 5.02 Å². The molecule has 1 amide bonds. The van der Waals surface area contributed by atoms with Gasteiger partial charge in [-0.25, -0.2) is 8.42 Å². The molecule has 2 aromatic rings. The molecule has 0 aliphatic carbocycles. The zero-order valence-electron chi connectivity index (χ0n) is 16.9. The third-order valence-electron chi connectivity index (χ3n) is 5.48. The molecule has 0 radical (unpaired) electrons. The van der Waals surface area contributed by atoms with Gasteiger partial charge in [-0.3, -0.25) is 9.63 Å². The van der Waals surface area contributed by atoms with Crippen LogP contribution in [-0.2, 0) is 25.0 Å². The van der Waals surface area contributed by atoms with E-state index in [-0.39, 0.29) is 16.2 Å². The number of benzene rings is 2. The second kappa shape index (κ2) is 9.45. The second-order valence-corrected chi connectivity index (χ2v) is 9.58. The summed E-state index contributed by atoms with van der Waals surface area (Å²) >= 11 is 6.19. The van der Waals surface area contributed by atoms with Crippen LogP contribution in [0.4, 0.5) is 0 Å². The van der Waals surface area contributed by atoms with Crippen LogP contribution in [0.25, 0.3) is 0 Å². The summed E-state index contributed by atoms with van der Waals surface area (Å²) in [6, 6.07) is 13.5. The first-order valence-corrected chi connectivity index (χ1v) is 11.4. The molecule has 162 valence electrons. The lowest BCUT2D eigenvalue weighted by atomic mass is 9.74. The third-order valence-corrected chi connectivity index (χ3v) is 7.41. The summed E-state index contributed by atoms with van der Waals surface area (Å²) in [7, 11) is -1.18. The minimum Gasteiger partial charge on any atom is -0.381 e. The van der Waals surface area contributed by atoms with Gasteiger partial charge in [0.25, 0.3) is 15.9 Å². The van der Waals surface area contributed by atoms with Crippen molar-refractivity contribution < 1.29 is 22.8 Å². The van der Waals surface area contributed by atoms with Gasteiger partial charge in [0.05, 0.1) is 12.0 Å². The van der Waals surface area contributed by atoms with E-state index in [9.17, 15) is 13.2 Å². The zero-order chi connectivity index (χ0) is 21.8. The summed E-state index contributed by atoms with van der Waals surface area (Å²) < 4.78 is 30.9. The van der Waals surface area contributed by atoms with Crippen molar-refractivity contribution in [3.05, 3.63) is 64.7 Å². The predicted octanol–water partition coefficient (Wildman–Crippen LogP) is 3.00. The Bertz CT molecular complexity index is 989. The number of ether oxygens (including phenoxy) is 1. The lowest BCUT2D eigenvalue weighted by Crippen LogP contribution is -2.44. The number of carbonyl (C=O) groups excluding carboxylic acids is 1. The van der Waals surface area contributed by atoms with Crippen molar-refractivity contribution in [3.8, 4) is 0 Å². The molecule has 7 nitrogen and oxygen atoms in total. The lowest BCUT2D eigenvalue weighted by Gasteiger charge is -2.38. The van der Waals surface area contributed by atoms with Crippen molar-refractivity contribution in [2.24, 2.45) is 0 Å². The number of hydrogen-bond acceptors (Lipinski definition) is 5. The topological polar surface area (TPSA) is 84.9 Å². The highest BCUT2D eigenvalue weighted by molar-refractivity contribution is 7.89. The Balaban J connectivity index is 1.75. The van der Waals surface area contributed by atoms with Crippen molar-refractivity contribution >= 4 is 27.5 Å². The number of amides is 1. The van der Waals surface area contributed by atoms with E-state index in [0.29, 0.717) is 30.3 Å². The number of nitrogens with zero attached hydrogens (tertiary/aromatic N) is 1. The maximum Gasteiger partial charge on any atom is 0.264 e. The Kier molecular flexibility index (Phi) is 7.15. The van der Waals surface area contributed by atoms with Gasteiger partial charge in [0.2, 0.25) is 0 Å². The van der Waals surface area contributed by atoms with Gasteiger partial charge < -0.3 is 10.1 Å². The maximum absolute atomic E-state index is 12.7. The van der Waals surface area contributed by atoms with Crippen LogP contribution in [0, 0.1) is 0 Å². The van der Waals surface area contributed by atoms with Crippen LogP contribution in [-0.4, -0.2) is 52.7 Å². The molecule has 1 aliphatic heterocycles. The van der Waals surface area contributed by atoms with Crippen LogP contribution in [0.3, 0.4) is 0 Å². The number of hydrogen-bond donors (Lipinski definition) is 1. The van der Waals surface area contributed by atoms with Crippen molar-refractivity contribution in [1.82, 2.24) is 9.79 Å². The van der Waals surface area contributed by atoms with E-state index in [2.05, 4.69) is 5.32 Å². The number of halogens is 1. The third kappa shape index (κ3) is 4.84. The number of sulfonamides is 1. The minimum atomic E-state index is -3.76. The van der Waals surface area contributed by atoms with E-state index in [1.807, 2.05) is 24.3 Å². The highest BCUT2D eigenvalue weighted by Crippen LogP contribution is 2.35. The summed E-state index contributed by atoms with van der Waals surface area (Å²) in [5, 5.41) is 3.65. The normalized spacial score (nSPS) is 16.4. The quantitative estimate of drug-likeness (QED) is 0.653. The van der Waals surface area contributed by atoms with Gasteiger partial charge >= 0.3 is 0 Å². The first kappa shape index (κ1) is 22.7. The fraction of sp³-hybridized carbons (Fsp3) is 0.381. The zero-order valence-corrected chi connectivity index (χ0v) is 18.5. The molecule has 1 aliphatic rings. The second-order valence-electron chi connectivity index (χ2n) is 7.21. The molecule has 30 heavy (non-hydrogen) atoms. The molecule has 0 unspecified atom stereocenters. The standard InChI is InChI=1S/C21H25ClN2O5S/c1-24(28-2)30(26,27)19-8-6-16(7-9-19)20(25)23-15-21(10-12-29-13-11-21)17-4-3-5-18(22)14-17/h3-9,14H,10-13,15H2,1-2H3,(H,23,25). The fourth-order valence-electron chi connectivity index (χ4n) is 3.52. The predicted molar refractivity (Wildman–Crippen MR) is 114 cm³/mol. The van der Waals surface area contributed by atoms with E-state index in [0.717, 1.165) is 22.9 Å². The van der Waals surface area contributed by atoms with Crippen LogP contribution in [0.15, 0.2) is 53.4 Å². The van der Waals surface area contributed by atoms with Crippen LogP contribution in [0.1, 0.15) is 28.8 Å². The fourth-order valence-corrected chi connectivity index (χ4v) is 4.69. The van der Waals surface area contributed by atoms with Crippen molar-refractivity contribution in [1.29, 1.82) is 0 Å². The molecule has 0 spiro atoms. The molecule has 1 saturated heterocycles. The van der Waals surface area contributed by atoms with Gasteiger partial charge in [-0.2, -0.15) is 0 Å². The van der Waals surface area contributed by atoms with Crippen LogP contribution in [0.5, 0.6) is 0 Å². The number of hydroxylamine groups is 1. The maximum atomic E-state index is 12.7. The molecule has 9 heteroatoms. The number of carbonyl (C=O) groups is 1. The molecular weight excluding hydrogens is 428 g/mol. The van der Waals surface area contributed by atoms with Gasteiger partial charge in [-0.15, -0.1) is 0 Å². The summed E-state index contributed by atoms with van der Waals surface area (Å²) in [5.74, 6) is -0.271. The highest BCUT2D eigenvalue weighted by atomic mass is 35.5. The number of nitrogens with one attached hydrogen (secondary N) is 1. The SMILES string of the molecule is CON(C)S(=O)(=O)c1ccc(C(=O)NCC2(c3cccc(Cl)c3)CCOCC2)cc1. The molecule has 0 bridgehead atoms. The molecule has 2 aromatic carbocycles. The molecule has 0 aromatic heterocycles. The average Bonchev–Trinajstić information content (AvgIpc) is 2.77. The average molecular weight is 453 g/mol. The molecule has 1 fully saturated rings.